The first-order chi connectivity index (χ1) is 9.06. The van der Waals surface area contributed by atoms with Gasteiger partial charge in [-0.15, -0.1) is 0 Å². The van der Waals surface area contributed by atoms with E-state index in [2.05, 4.69) is 4.74 Å². The lowest BCUT2D eigenvalue weighted by molar-refractivity contribution is -0.149. The lowest BCUT2D eigenvalue weighted by Crippen LogP contribution is -2.39. The molecule has 0 aromatic rings. The second-order valence-electron chi connectivity index (χ2n) is 4.72. The molecule has 1 unspecified atom stereocenters. The summed E-state index contributed by atoms with van der Waals surface area (Å²) >= 11 is 0. The molecule has 1 aliphatic rings. The number of rotatable bonds is 8. The van der Waals surface area contributed by atoms with Crippen LogP contribution >= 0.6 is 0 Å². The van der Waals surface area contributed by atoms with Crippen molar-refractivity contribution in [3.8, 4) is 0 Å². The van der Waals surface area contributed by atoms with Gasteiger partial charge in [-0.2, -0.15) is 0 Å². The predicted octanol–water partition coefficient (Wildman–Crippen LogP) is 1.19. The highest BCUT2D eigenvalue weighted by atomic mass is 16.5. The molecule has 1 atom stereocenters. The summed E-state index contributed by atoms with van der Waals surface area (Å²) in [7, 11) is 1.33. The molecule has 1 aliphatic heterocycles. The molecule has 1 saturated heterocycles. The summed E-state index contributed by atoms with van der Waals surface area (Å²) in [5, 5.41) is 8.50. The van der Waals surface area contributed by atoms with Crippen LogP contribution in [-0.4, -0.2) is 47.5 Å². The van der Waals surface area contributed by atoms with Crippen LogP contribution in [-0.2, 0) is 19.1 Å². The van der Waals surface area contributed by atoms with Gasteiger partial charge in [-0.05, 0) is 19.3 Å². The molecular formula is C13H21NO5. The van der Waals surface area contributed by atoms with Crippen LogP contribution < -0.4 is 0 Å². The van der Waals surface area contributed by atoms with Crippen molar-refractivity contribution in [2.75, 3.05) is 13.7 Å². The van der Waals surface area contributed by atoms with Crippen LogP contribution in [0.5, 0.6) is 0 Å². The van der Waals surface area contributed by atoms with Gasteiger partial charge in [0.25, 0.3) is 0 Å². The minimum absolute atomic E-state index is 0.000867. The first kappa shape index (κ1) is 15.5. The van der Waals surface area contributed by atoms with Gasteiger partial charge in [-0.25, -0.2) is 4.79 Å². The summed E-state index contributed by atoms with van der Waals surface area (Å²) in [4.78, 5) is 35.1. The van der Waals surface area contributed by atoms with Gasteiger partial charge in [-0.3, -0.25) is 9.59 Å². The van der Waals surface area contributed by atoms with Crippen molar-refractivity contribution in [2.24, 2.45) is 0 Å². The highest BCUT2D eigenvalue weighted by Gasteiger charge is 2.36. The second-order valence-corrected chi connectivity index (χ2v) is 4.72. The normalized spacial score (nSPS) is 18.7. The van der Waals surface area contributed by atoms with Gasteiger partial charge in [0.2, 0.25) is 5.91 Å². The van der Waals surface area contributed by atoms with Crippen molar-refractivity contribution in [3.63, 3.8) is 0 Å². The number of carboxylic acid groups (broad SMARTS) is 1. The molecule has 108 valence electrons. The maximum atomic E-state index is 11.7. The minimum Gasteiger partial charge on any atom is -0.481 e. The zero-order valence-corrected chi connectivity index (χ0v) is 11.3. The van der Waals surface area contributed by atoms with E-state index in [1.165, 1.54) is 7.11 Å². The molecular weight excluding hydrogens is 250 g/mol. The molecule has 1 rings (SSSR count). The molecule has 0 aromatic carbocycles. The number of unbranched alkanes of at least 4 members (excludes halogenated alkanes) is 3. The quantitative estimate of drug-likeness (QED) is 0.529. The molecule has 1 amide bonds. The average molecular weight is 271 g/mol. The number of aliphatic carboxylic acids is 1. The first-order valence-corrected chi connectivity index (χ1v) is 6.65. The zero-order valence-electron chi connectivity index (χ0n) is 11.3. The van der Waals surface area contributed by atoms with E-state index in [4.69, 9.17) is 5.11 Å². The number of ether oxygens (including phenoxy) is 1. The van der Waals surface area contributed by atoms with Crippen molar-refractivity contribution in [1.82, 2.24) is 4.90 Å². The largest absolute Gasteiger partial charge is 0.481 e. The molecule has 0 radical (unpaired) electrons. The van der Waals surface area contributed by atoms with Gasteiger partial charge in [0.05, 0.1) is 7.11 Å². The SMILES string of the molecule is COC(=O)C1CCC(=O)N1CCCCCCC(=O)O. The number of hydrogen-bond donors (Lipinski definition) is 1. The Morgan fingerprint density at radius 1 is 1.32 bits per heavy atom. The van der Waals surface area contributed by atoms with Crippen molar-refractivity contribution in [2.45, 2.75) is 51.0 Å². The third kappa shape index (κ3) is 4.89. The van der Waals surface area contributed by atoms with E-state index in [9.17, 15) is 14.4 Å². The number of carbonyl (C=O) groups excluding carboxylic acids is 2. The van der Waals surface area contributed by atoms with E-state index in [-0.39, 0.29) is 18.3 Å². The number of amides is 1. The predicted molar refractivity (Wildman–Crippen MR) is 67.5 cm³/mol. The number of nitrogens with zero attached hydrogens (tertiary/aromatic N) is 1. The smallest absolute Gasteiger partial charge is 0.328 e. The molecule has 0 aromatic heterocycles. The van der Waals surface area contributed by atoms with Crippen molar-refractivity contribution in [1.29, 1.82) is 0 Å². The molecule has 0 saturated carbocycles. The molecule has 1 heterocycles. The Kier molecular flexibility index (Phi) is 6.32. The van der Waals surface area contributed by atoms with Crippen LogP contribution in [0.25, 0.3) is 0 Å². The topological polar surface area (TPSA) is 83.9 Å². The molecule has 19 heavy (non-hydrogen) atoms. The van der Waals surface area contributed by atoms with Gasteiger partial charge in [-0.1, -0.05) is 12.8 Å². The first-order valence-electron chi connectivity index (χ1n) is 6.65. The summed E-state index contributed by atoms with van der Waals surface area (Å²) in [6.45, 7) is 0.547. The van der Waals surface area contributed by atoms with Gasteiger partial charge in [0, 0.05) is 19.4 Å². The number of esters is 1. The Bertz CT molecular complexity index is 342. The molecule has 0 bridgehead atoms. The van der Waals surface area contributed by atoms with Crippen LogP contribution in [0, 0.1) is 0 Å². The van der Waals surface area contributed by atoms with Crippen molar-refractivity contribution < 1.29 is 24.2 Å². The Morgan fingerprint density at radius 2 is 2.00 bits per heavy atom. The van der Waals surface area contributed by atoms with Gasteiger partial charge >= 0.3 is 11.9 Å². The highest BCUT2D eigenvalue weighted by molar-refractivity contribution is 5.88. The number of likely N-dealkylation sites (tertiary alicyclic amines) is 1. The lowest BCUT2D eigenvalue weighted by Gasteiger charge is -2.22. The average Bonchev–Trinajstić information content (AvgIpc) is 2.74. The summed E-state index contributed by atoms with van der Waals surface area (Å²) in [5.41, 5.74) is 0. The summed E-state index contributed by atoms with van der Waals surface area (Å²) < 4.78 is 4.69. The summed E-state index contributed by atoms with van der Waals surface area (Å²) in [6, 6.07) is -0.434. The van der Waals surface area contributed by atoms with Crippen LogP contribution in [0.4, 0.5) is 0 Å². The number of carboxylic acids is 1. The van der Waals surface area contributed by atoms with E-state index in [1.54, 1.807) is 4.90 Å². The summed E-state index contributed by atoms with van der Waals surface area (Å²) in [6.07, 6.45) is 4.27. The third-order valence-corrected chi connectivity index (χ3v) is 3.34. The van der Waals surface area contributed by atoms with E-state index < -0.39 is 12.0 Å². The van der Waals surface area contributed by atoms with Crippen LogP contribution in [0.3, 0.4) is 0 Å². The zero-order chi connectivity index (χ0) is 14.3. The Balaban J connectivity index is 2.24. The maximum Gasteiger partial charge on any atom is 0.328 e. The Labute approximate surface area is 112 Å². The van der Waals surface area contributed by atoms with E-state index in [0.29, 0.717) is 25.8 Å². The van der Waals surface area contributed by atoms with Gasteiger partial charge in [0.15, 0.2) is 0 Å². The molecule has 1 N–H and O–H groups in total. The van der Waals surface area contributed by atoms with Crippen molar-refractivity contribution in [3.05, 3.63) is 0 Å². The number of hydrogen-bond acceptors (Lipinski definition) is 4. The number of carbonyl (C=O) groups is 3. The molecule has 6 nitrogen and oxygen atoms in total. The third-order valence-electron chi connectivity index (χ3n) is 3.34. The van der Waals surface area contributed by atoms with Crippen molar-refractivity contribution >= 4 is 17.8 Å². The second kappa shape index (κ2) is 7.76. The van der Waals surface area contributed by atoms with Gasteiger partial charge < -0.3 is 14.7 Å². The fourth-order valence-corrected chi connectivity index (χ4v) is 2.31. The standard InChI is InChI=1S/C13H21NO5/c1-19-13(18)10-7-8-11(15)14(10)9-5-3-2-4-6-12(16)17/h10H,2-9H2,1H3,(H,16,17). The fraction of sp³-hybridized carbons (Fsp3) is 0.769. The molecule has 0 aliphatic carbocycles. The lowest BCUT2D eigenvalue weighted by atomic mass is 10.1. The Hall–Kier alpha value is -1.59. The van der Waals surface area contributed by atoms with E-state index >= 15 is 0 Å². The molecule has 6 heteroatoms. The van der Waals surface area contributed by atoms with Crippen LogP contribution in [0.2, 0.25) is 0 Å². The fourth-order valence-electron chi connectivity index (χ4n) is 2.31. The molecule has 0 spiro atoms. The maximum absolute atomic E-state index is 11.7. The van der Waals surface area contributed by atoms with E-state index in [0.717, 1.165) is 19.3 Å². The number of methoxy groups -OCH3 is 1. The summed E-state index contributed by atoms with van der Waals surface area (Å²) in [5.74, 6) is -1.13. The van der Waals surface area contributed by atoms with E-state index in [1.807, 2.05) is 0 Å². The highest BCUT2D eigenvalue weighted by Crippen LogP contribution is 2.20. The van der Waals surface area contributed by atoms with Gasteiger partial charge in [0.1, 0.15) is 6.04 Å². The van der Waals surface area contributed by atoms with Crippen LogP contribution in [0.1, 0.15) is 44.9 Å². The van der Waals surface area contributed by atoms with Crippen LogP contribution in [0.15, 0.2) is 0 Å². The minimum atomic E-state index is -0.777. The Morgan fingerprint density at radius 3 is 2.63 bits per heavy atom. The monoisotopic (exact) mass is 271 g/mol. The molecule has 1 fully saturated rings.